The van der Waals surface area contributed by atoms with E-state index in [0.29, 0.717) is 4.57 Å². The van der Waals surface area contributed by atoms with Crippen LogP contribution in [0, 0.1) is 0 Å². The molecule has 0 fully saturated rings. The van der Waals surface area contributed by atoms with Gasteiger partial charge in [0.25, 0.3) is 0 Å². The van der Waals surface area contributed by atoms with Gasteiger partial charge in [0.15, 0.2) is 5.75 Å². The zero-order valence-corrected chi connectivity index (χ0v) is 10.7. The summed E-state index contributed by atoms with van der Waals surface area (Å²) in [6.45, 7) is 0. The monoisotopic (exact) mass is 327 g/mol. The van der Waals surface area contributed by atoms with Crippen LogP contribution in [-0.2, 0) is 13.2 Å². The molecule has 0 spiro atoms. The number of hydrogen-bond donors (Lipinski definition) is 1. The van der Waals surface area contributed by atoms with Gasteiger partial charge < -0.3 is 14.4 Å². The largest absolute Gasteiger partial charge is 0.573 e. The molecule has 0 amide bonds. The van der Waals surface area contributed by atoms with Crippen LogP contribution in [0.4, 0.5) is 26.3 Å². The summed E-state index contributed by atoms with van der Waals surface area (Å²) >= 11 is 0. The van der Waals surface area contributed by atoms with Crippen LogP contribution in [0.1, 0.15) is 16.1 Å². The Hall–Kier alpha value is -2.39. The predicted octanol–water partition coefficient (Wildman–Crippen LogP) is 3.79. The molecular weight excluding hydrogens is 320 g/mol. The van der Waals surface area contributed by atoms with Gasteiger partial charge in [0.2, 0.25) is 0 Å². The molecule has 1 N–H and O–H groups in total. The molecule has 0 aliphatic rings. The first-order chi connectivity index (χ1) is 9.93. The molecule has 2 rings (SSSR count). The highest BCUT2D eigenvalue weighted by atomic mass is 19.4. The van der Waals surface area contributed by atoms with Crippen molar-refractivity contribution in [3.63, 3.8) is 0 Å². The zero-order chi connectivity index (χ0) is 16.9. The number of rotatable bonds is 2. The molecular formula is C12H7F6NO3. The number of nitrogens with zero attached hydrogens (tertiary/aromatic N) is 1. The second kappa shape index (κ2) is 4.82. The summed E-state index contributed by atoms with van der Waals surface area (Å²) in [5, 5.41) is 8.49. The lowest BCUT2D eigenvalue weighted by atomic mass is 10.1. The van der Waals surface area contributed by atoms with Crippen molar-refractivity contribution in [1.29, 1.82) is 0 Å². The standard InChI is InChI=1S/C12H7F6NO3/c1-19-8-5(3-2-4-6(8)22-12(16,17)18)7(10(20)21)9(19)11(13,14)15/h2-4H,1H3,(H,20,21). The summed E-state index contributed by atoms with van der Waals surface area (Å²) < 4.78 is 80.1. The third kappa shape index (κ3) is 2.68. The quantitative estimate of drug-likeness (QED) is 0.854. The van der Waals surface area contributed by atoms with Crippen molar-refractivity contribution in [3.05, 3.63) is 29.5 Å². The lowest BCUT2D eigenvalue weighted by Gasteiger charge is -2.12. The van der Waals surface area contributed by atoms with Crippen LogP contribution in [0.2, 0.25) is 0 Å². The second-order valence-corrected chi connectivity index (χ2v) is 4.29. The Morgan fingerprint density at radius 2 is 1.77 bits per heavy atom. The van der Waals surface area contributed by atoms with Gasteiger partial charge in [-0.2, -0.15) is 13.2 Å². The fraction of sp³-hybridized carbons (Fsp3) is 0.250. The minimum atomic E-state index is -5.12. The van der Waals surface area contributed by atoms with E-state index in [2.05, 4.69) is 4.74 Å². The number of carbonyl (C=O) groups is 1. The van der Waals surface area contributed by atoms with Crippen molar-refractivity contribution in [2.75, 3.05) is 0 Å². The van der Waals surface area contributed by atoms with Gasteiger partial charge >= 0.3 is 18.5 Å². The average molecular weight is 327 g/mol. The second-order valence-electron chi connectivity index (χ2n) is 4.29. The Labute approximate surface area is 118 Å². The Balaban J connectivity index is 2.88. The Morgan fingerprint density at radius 1 is 1.18 bits per heavy atom. The fourth-order valence-corrected chi connectivity index (χ4v) is 2.23. The molecule has 1 heterocycles. The smallest absolute Gasteiger partial charge is 0.478 e. The average Bonchev–Trinajstić information content (AvgIpc) is 2.61. The van der Waals surface area contributed by atoms with E-state index < -0.39 is 46.4 Å². The summed E-state index contributed by atoms with van der Waals surface area (Å²) in [5.41, 5.74) is -3.30. The highest BCUT2D eigenvalue weighted by Crippen LogP contribution is 2.41. The first-order valence-electron chi connectivity index (χ1n) is 5.61. The molecule has 1 aromatic heterocycles. The van der Waals surface area contributed by atoms with Crippen molar-refractivity contribution >= 4 is 16.9 Å². The molecule has 0 radical (unpaired) electrons. The predicted molar refractivity (Wildman–Crippen MR) is 61.6 cm³/mol. The normalized spacial score (nSPS) is 12.7. The van der Waals surface area contributed by atoms with E-state index in [9.17, 15) is 31.1 Å². The summed E-state index contributed by atoms with van der Waals surface area (Å²) in [6, 6.07) is 2.77. The molecule has 120 valence electrons. The fourth-order valence-electron chi connectivity index (χ4n) is 2.23. The lowest BCUT2D eigenvalue weighted by molar-refractivity contribution is -0.274. The van der Waals surface area contributed by atoms with Gasteiger partial charge in [-0.3, -0.25) is 0 Å². The van der Waals surface area contributed by atoms with E-state index in [-0.39, 0.29) is 0 Å². The third-order valence-electron chi connectivity index (χ3n) is 2.88. The van der Waals surface area contributed by atoms with Gasteiger partial charge in [-0.25, -0.2) is 4.79 Å². The van der Waals surface area contributed by atoms with Crippen LogP contribution in [0.25, 0.3) is 10.9 Å². The highest BCUT2D eigenvalue weighted by molar-refractivity contribution is 6.06. The summed E-state index contributed by atoms with van der Waals surface area (Å²) in [4.78, 5) is 11.1. The minimum Gasteiger partial charge on any atom is -0.478 e. The number of fused-ring (bicyclic) bond motifs is 1. The van der Waals surface area contributed by atoms with Gasteiger partial charge in [-0.15, -0.1) is 13.2 Å². The Morgan fingerprint density at radius 3 is 2.23 bits per heavy atom. The van der Waals surface area contributed by atoms with Gasteiger partial charge in [0, 0.05) is 12.4 Å². The lowest BCUT2D eigenvalue weighted by Crippen LogP contribution is -2.18. The molecule has 0 aliphatic heterocycles. The van der Waals surface area contributed by atoms with Crippen molar-refractivity contribution in [2.45, 2.75) is 12.5 Å². The summed E-state index contributed by atoms with van der Waals surface area (Å²) in [7, 11) is 0.820. The van der Waals surface area contributed by atoms with E-state index in [1.807, 2.05) is 0 Å². The van der Waals surface area contributed by atoms with Crippen LogP contribution >= 0.6 is 0 Å². The highest BCUT2D eigenvalue weighted by Gasteiger charge is 2.42. The molecule has 0 atom stereocenters. The number of aromatic carboxylic acids is 1. The molecule has 10 heteroatoms. The van der Waals surface area contributed by atoms with Crippen molar-refractivity contribution < 1.29 is 41.0 Å². The number of benzene rings is 1. The zero-order valence-electron chi connectivity index (χ0n) is 10.7. The van der Waals surface area contributed by atoms with E-state index in [1.54, 1.807) is 0 Å². The van der Waals surface area contributed by atoms with Crippen molar-refractivity contribution in [3.8, 4) is 5.75 Å². The van der Waals surface area contributed by atoms with Gasteiger partial charge in [-0.05, 0) is 6.07 Å². The molecule has 0 saturated carbocycles. The van der Waals surface area contributed by atoms with Crippen LogP contribution in [-0.4, -0.2) is 22.0 Å². The minimum absolute atomic E-state index is 0.333. The van der Waals surface area contributed by atoms with Crippen LogP contribution in [0.15, 0.2) is 18.2 Å². The number of carboxylic acid groups (broad SMARTS) is 1. The number of halogens is 6. The maximum absolute atomic E-state index is 13.0. The number of carboxylic acids is 1. The topological polar surface area (TPSA) is 51.5 Å². The van der Waals surface area contributed by atoms with Crippen LogP contribution in [0.5, 0.6) is 5.75 Å². The third-order valence-corrected chi connectivity index (χ3v) is 2.88. The SMILES string of the molecule is Cn1c(C(F)(F)F)c(C(=O)O)c2cccc(OC(F)(F)F)c21. The molecule has 2 aromatic rings. The summed E-state index contributed by atoms with van der Waals surface area (Å²) in [6.07, 6.45) is -10.2. The molecule has 0 saturated heterocycles. The van der Waals surface area contributed by atoms with E-state index in [0.717, 1.165) is 25.2 Å². The number of aryl methyl sites for hydroxylation is 1. The van der Waals surface area contributed by atoms with Crippen molar-refractivity contribution in [2.24, 2.45) is 7.05 Å². The van der Waals surface area contributed by atoms with Gasteiger partial charge in [0.05, 0.1) is 11.1 Å². The maximum Gasteiger partial charge on any atom is 0.573 e. The molecule has 0 aliphatic carbocycles. The van der Waals surface area contributed by atoms with Crippen LogP contribution < -0.4 is 4.74 Å². The number of alkyl halides is 6. The molecule has 22 heavy (non-hydrogen) atoms. The number of aromatic nitrogens is 1. The first-order valence-corrected chi connectivity index (χ1v) is 5.61. The van der Waals surface area contributed by atoms with E-state index >= 15 is 0 Å². The molecule has 0 unspecified atom stereocenters. The van der Waals surface area contributed by atoms with Gasteiger partial charge in [0.1, 0.15) is 5.69 Å². The molecule has 0 bridgehead atoms. The van der Waals surface area contributed by atoms with Gasteiger partial charge in [-0.1, -0.05) is 12.1 Å². The number of hydrogen-bond acceptors (Lipinski definition) is 2. The Bertz CT molecular complexity index is 744. The number of ether oxygens (including phenoxy) is 1. The van der Waals surface area contributed by atoms with Crippen LogP contribution in [0.3, 0.4) is 0 Å². The first kappa shape index (κ1) is 16.0. The summed E-state index contributed by atoms with van der Waals surface area (Å²) in [5.74, 6) is -2.81. The Kier molecular flexibility index (Phi) is 3.50. The maximum atomic E-state index is 13.0. The van der Waals surface area contributed by atoms with Crippen molar-refractivity contribution in [1.82, 2.24) is 4.57 Å². The number of para-hydroxylation sites is 1. The molecule has 4 nitrogen and oxygen atoms in total. The van der Waals surface area contributed by atoms with E-state index in [1.165, 1.54) is 0 Å². The van der Waals surface area contributed by atoms with E-state index in [4.69, 9.17) is 5.11 Å². The molecule has 1 aromatic carbocycles.